The molecule has 27 heavy (non-hydrogen) atoms. The number of nitriles is 1. The molecular weight excluding hydrogens is 365 g/mol. The number of hydrogen-bond donors (Lipinski definition) is 2. The lowest BCUT2D eigenvalue weighted by Crippen LogP contribution is -2.19. The average molecular weight is 382 g/mol. The molecule has 1 aliphatic rings. The summed E-state index contributed by atoms with van der Waals surface area (Å²) in [7, 11) is 0. The van der Waals surface area contributed by atoms with Gasteiger partial charge in [0.2, 0.25) is 5.95 Å². The Kier molecular flexibility index (Phi) is 4.54. The molecule has 0 bridgehead atoms. The Hall–Kier alpha value is -2.91. The normalized spacial score (nSPS) is 14.6. The van der Waals surface area contributed by atoms with Crippen LogP contribution in [0.4, 0.5) is 21.8 Å². The third kappa shape index (κ3) is 3.64. The van der Waals surface area contributed by atoms with Gasteiger partial charge in [0.15, 0.2) is 0 Å². The minimum Gasteiger partial charge on any atom is -0.367 e. The fraction of sp³-hybridized carbons (Fsp3) is 0.250. The first kappa shape index (κ1) is 17.5. The summed E-state index contributed by atoms with van der Waals surface area (Å²) in [6, 6.07) is 12.2. The second-order valence-electron chi connectivity index (χ2n) is 6.73. The van der Waals surface area contributed by atoms with Crippen LogP contribution in [0.5, 0.6) is 0 Å². The number of hydrogen-bond acceptors (Lipinski definition) is 5. The summed E-state index contributed by atoms with van der Waals surface area (Å²) in [5.41, 5.74) is 1.60. The molecule has 1 aliphatic carbocycles. The highest BCUT2D eigenvalue weighted by Gasteiger charge is 2.28. The molecule has 2 aromatic carbocycles. The second-order valence-corrected chi connectivity index (χ2v) is 7.14. The molecule has 2 N–H and O–H groups in total. The summed E-state index contributed by atoms with van der Waals surface area (Å²) in [5, 5.41) is 16.8. The number of fused-ring (bicyclic) bond motifs is 1. The molecule has 1 heterocycles. The first-order chi connectivity index (χ1) is 13.0. The van der Waals surface area contributed by atoms with Crippen LogP contribution < -0.4 is 10.6 Å². The van der Waals surface area contributed by atoms with Crippen molar-refractivity contribution in [3.63, 3.8) is 0 Å². The van der Waals surface area contributed by atoms with Crippen LogP contribution >= 0.6 is 11.6 Å². The standard InChI is InChI=1S/C20H17ClFN5/c1-11(12-5-6-12)24-19-15-4-2-3-13(10-23)18(15)26-20(27-19)25-14-7-8-17(22)16(21)9-14/h2-4,7-9,11-12H,5-6H2,1H3,(H2,24,25,26,27)/t11-/m1/s1. The Morgan fingerprint density at radius 3 is 2.78 bits per heavy atom. The summed E-state index contributed by atoms with van der Waals surface area (Å²) >= 11 is 5.85. The van der Waals surface area contributed by atoms with E-state index in [1.807, 2.05) is 12.1 Å². The lowest BCUT2D eigenvalue weighted by molar-refractivity contribution is 0.628. The Labute approximate surface area is 161 Å². The molecule has 4 rings (SSSR count). The molecule has 1 aromatic heterocycles. The van der Waals surface area contributed by atoms with Gasteiger partial charge in [-0.25, -0.2) is 9.37 Å². The van der Waals surface area contributed by atoms with Gasteiger partial charge < -0.3 is 10.6 Å². The summed E-state index contributed by atoms with van der Waals surface area (Å²) < 4.78 is 13.4. The van der Waals surface area contributed by atoms with E-state index < -0.39 is 5.82 Å². The lowest BCUT2D eigenvalue weighted by atomic mass is 10.1. The third-order valence-corrected chi connectivity index (χ3v) is 5.01. The molecule has 5 nitrogen and oxygen atoms in total. The average Bonchev–Trinajstić information content (AvgIpc) is 3.49. The maximum absolute atomic E-state index is 13.4. The van der Waals surface area contributed by atoms with Gasteiger partial charge in [0.25, 0.3) is 0 Å². The lowest BCUT2D eigenvalue weighted by Gasteiger charge is -2.17. The van der Waals surface area contributed by atoms with Crippen molar-refractivity contribution >= 4 is 40.0 Å². The number of nitrogens with one attached hydrogen (secondary N) is 2. The molecule has 1 fully saturated rings. The van der Waals surface area contributed by atoms with Crippen LogP contribution in [-0.2, 0) is 0 Å². The number of aromatic nitrogens is 2. The summed E-state index contributed by atoms with van der Waals surface area (Å²) in [5.74, 6) is 1.14. The van der Waals surface area contributed by atoms with E-state index in [1.165, 1.54) is 25.0 Å². The summed E-state index contributed by atoms with van der Waals surface area (Å²) in [4.78, 5) is 9.09. The maximum atomic E-state index is 13.4. The van der Waals surface area contributed by atoms with Crippen molar-refractivity contribution in [1.82, 2.24) is 9.97 Å². The van der Waals surface area contributed by atoms with Crippen LogP contribution in [0.3, 0.4) is 0 Å². The zero-order chi connectivity index (χ0) is 19.0. The van der Waals surface area contributed by atoms with Gasteiger partial charge in [-0.1, -0.05) is 17.7 Å². The molecule has 0 aliphatic heterocycles. The zero-order valence-electron chi connectivity index (χ0n) is 14.6. The molecule has 3 aromatic rings. The first-order valence-corrected chi connectivity index (χ1v) is 9.12. The highest BCUT2D eigenvalue weighted by molar-refractivity contribution is 6.31. The Balaban J connectivity index is 1.77. The van der Waals surface area contributed by atoms with Gasteiger partial charge in [-0.15, -0.1) is 0 Å². The van der Waals surface area contributed by atoms with Crippen molar-refractivity contribution < 1.29 is 4.39 Å². The van der Waals surface area contributed by atoms with Gasteiger partial charge in [-0.2, -0.15) is 10.2 Å². The Bertz CT molecular complexity index is 1060. The minimum absolute atomic E-state index is 0.0132. The van der Waals surface area contributed by atoms with E-state index >= 15 is 0 Å². The number of rotatable bonds is 5. The van der Waals surface area contributed by atoms with Crippen LogP contribution in [-0.4, -0.2) is 16.0 Å². The maximum Gasteiger partial charge on any atom is 0.229 e. The highest BCUT2D eigenvalue weighted by Crippen LogP contribution is 2.35. The zero-order valence-corrected chi connectivity index (χ0v) is 15.4. The number of halogens is 2. The van der Waals surface area contributed by atoms with Crippen LogP contribution in [0.1, 0.15) is 25.3 Å². The topological polar surface area (TPSA) is 73.6 Å². The molecule has 136 valence electrons. The minimum atomic E-state index is -0.492. The number of para-hydroxylation sites is 1. The fourth-order valence-corrected chi connectivity index (χ4v) is 3.22. The smallest absolute Gasteiger partial charge is 0.229 e. The number of benzene rings is 2. The molecule has 0 amide bonds. The molecular formula is C20H17ClFN5. The predicted octanol–water partition coefficient (Wildman–Crippen LogP) is 5.25. The molecule has 1 saturated carbocycles. The fourth-order valence-electron chi connectivity index (χ4n) is 3.04. The van der Waals surface area contributed by atoms with Gasteiger partial charge in [0.1, 0.15) is 17.7 Å². The van der Waals surface area contributed by atoms with E-state index in [0.717, 1.165) is 5.39 Å². The van der Waals surface area contributed by atoms with Crippen LogP contribution in [0.15, 0.2) is 36.4 Å². The number of nitrogens with zero attached hydrogens (tertiary/aromatic N) is 3. The summed E-state index contributed by atoms with van der Waals surface area (Å²) in [6.45, 7) is 2.13. The largest absolute Gasteiger partial charge is 0.367 e. The van der Waals surface area contributed by atoms with E-state index in [9.17, 15) is 9.65 Å². The van der Waals surface area contributed by atoms with Gasteiger partial charge >= 0.3 is 0 Å². The van der Waals surface area contributed by atoms with Gasteiger partial charge in [-0.05, 0) is 56.0 Å². The van der Waals surface area contributed by atoms with E-state index in [4.69, 9.17) is 11.6 Å². The van der Waals surface area contributed by atoms with Crippen molar-refractivity contribution in [2.75, 3.05) is 10.6 Å². The Morgan fingerprint density at radius 2 is 2.07 bits per heavy atom. The third-order valence-electron chi connectivity index (χ3n) is 4.72. The molecule has 7 heteroatoms. The van der Waals surface area contributed by atoms with E-state index in [-0.39, 0.29) is 11.1 Å². The van der Waals surface area contributed by atoms with Gasteiger partial charge in [0.05, 0.1) is 16.1 Å². The van der Waals surface area contributed by atoms with Gasteiger partial charge in [0, 0.05) is 17.1 Å². The Morgan fingerprint density at radius 1 is 1.26 bits per heavy atom. The van der Waals surface area contributed by atoms with Crippen molar-refractivity contribution in [3.8, 4) is 6.07 Å². The second kappa shape index (κ2) is 7.01. The van der Waals surface area contributed by atoms with Crippen molar-refractivity contribution in [2.24, 2.45) is 5.92 Å². The van der Waals surface area contributed by atoms with Crippen LogP contribution in [0, 0.1) is 23.1 Å². The van der Waals surface area contributed by atoms with Crippen LogP contribution in [0.25, 0.3) is 10.9 Å². The SMILES string of the molecule is C[C@@H](Nc1nc(Nc2ccc(F)c(Cl)c2)nc2c(C#N)cccc12)C1CC1. The van der Waals surface area contributed by atoms with Crippen molar-refractivity contribution in [1.29, 1.82) is 5.26 Å². The molecule has 0 spiro atoms. The molecule has 1 atom stereocenters. The van der Waals surface area contributed by atoms with Crippen molar-refractivity contribution in [3.05, 3.63) is 52.8 Å². The number of anilines is 3. The molecule has 0 radical (unpaired) electrons. The molecule has 0 saturated heterocycles. The van der Waals surface area contributed by atoms with Gasteiger partial charge in [-0.3, -0.25) is 0 Å². The van der Waals surface area contributed by atoms with Crippen molar-refractivity contribution in [2.45, 2.75) is 25.8 Å². The predicted molar refractivity (Wildman–Crippen MR) is 105 cm³/mol. The summed E-state index contributed by atoms with van der Waals surface area (Å²) in [6.07, 6.45) is 2.42. The molecule has 0 unspecified atom stereocenters. The highest BCUT2D eigenvalue weighted by atomic mass is 35.5. The van der Waals surface area contributed by atoms with Crippen LogP contribution in [0.2, 0.25) is 5.02 Å². The van der Waals surface area contributed by atoms with E-state index in [1.54, 1.807) is 12.1 Å². The van der Waals surface area contributed by atoms with E-state index in [0.29, 0.717) is 34.5 Å². The monoisotopic (exact) mass is 381 g/mol. The first-order valence-electron chi connectivity index (χ1n) is 8.74. The van der Waals surface area contributed by atoms with E-state index in [2.05, 4.69) is 33.6 Å². The quantitative estimate of drug-likeness (QED) is 0.631.